The monoisotopic (exact) mass is 185 g/mol. The normalized spacial score (nSPS) is 20.7. The number of rotatable bonds is 3. The number of amides is 2. The molecule has 13 heavy (non-hydrogen) atoms. The van der Waals surface area contributed by atoms with Crippen LogP contribution in [0.15, 0.2) is 0 Å². The molecule has 0 aromatic carbocycles. The molecule has 1 atom stereocenters. The largest absolute Gasteiger partial charge is 0.328 e. The summed E-state index contributed by atoms with van der Waals surface area (Å²) in [6, 6.07) is 0.453. The van der Waals surface area contributed by atoms with E-state index in [1.54, 1.807) is 4.90 Å². The Morgan fingerprint density at radius 2 is 2.23 bits per heavy atom. The van der Waals surface area contributed by atoms with Crippen LogP contribution in [-0.4, -0.2) is 55.6 Å². The van der Waals surface area contributed by atoms with Crippen molar-refractivity contribution >= 4 is 6.03 Å². The summed E-state index contributed by atoms with van der Waals surface area (Å²) in [6.07, 6.45) is 1.08. The highest BCUT2D eigenvalue weighted by Gasteiger charge is 2.25. The van der Waals surface area contributed by atoms with Gasteiger partial charge in [0.15, 0.2) is 0 Å². The van der Waals surface area contributed by atoms with Crippen LogP contribution < -0.4 is 5.32 Å². The van der Waals surface area contributed by atoms with E-state index in [4.69, 9.17) is 0 Å². The number of hydrogen-bond donors (Lipinski definition) is 1. The maximum Gasteiger partial charge on any atom is 0.320 e. The molecule has 1 fully saturated rings. The van der Waals surface area contributed by atoms with Gasteiger partial charge in [0.05, 0.1) is 0 Å². The number of likely N-dealkylation sites (N-methyl/N-ethyl adjacent to an activating group) is 1. The summed E-state index contributed by atoms with van der Waals surface area (Å²) >= 11 is 0. The minimum absolute atomic E-state index is 0.161. The average molecular weight is 185 g/mol. The van der Waals surface area contributed by atoms with Crippen molar-refractivity contribution in [2.45, 2.75) is 19.4 Å². The fourth-order valence-electron chi connectivity index (χ4n) is 1.70. The maximum absolute atomic E-state index is 11.7. The molecule has 4 heteroatoms. The Morgan fingerprint density at radius 1 is 1.54 bits per heavy atom. The molecule has 1 N–H and O–H groups in total. The van der Waals surface area contributed by atoms with E-state index in [9.17, 15) is 4.79 Å². The van der Waals surface area contributed by atoms with Gasteiger partial charge in [0.1, 0.15) is 0 Å². The quantitative estimate of drug-likeness (QED) is 0.688. The zero-order valence-corrected chi connectivity index (χ0v) is 8.71. The van der Waals surface area contributed by atoms with Crippen LogP contribution in [0.4, 0.5) is 4.79 Å². The Labute approximate surface area is 79.9 Å². The first-order valence-corrected chi connectivity index (χ1v) is 4.83. The summed E-state index contributed by atoms with van der Waals surface area (Å²) in [5, 5.41) is 3.09. The number of nitrogens with zero attached hydrogens (tertiary/aromatic N) is 2. The molecule has 2 amide bonds. The van der Waals surface area contributed by atoms with Crippen molar-refractivity contribution in [1.82, 2.24) is 15.1 Å². The maximum atomic E-state index is 11.7. The van der Waals surface area contributed by atoms with Crippen molar-refractivity contribution in [3.63, 3.8) is 0 Å². The van der Waals surface area contributed by atoms with Crippen molar-refractivity contribution < 1.29 is 4.79 Å². The molecule has 0 bridgehead atoms. The second-order valence-electron chi connectivity index (χ2n) is 3.66. The summed E-state index contributed by atoms with van der Waals surface area (Å²) in [5.74, 6) is 0. The Hall–Kier alpha value is -0.770. The van der Waals surface area contributed by atoms with Crippen molar-refractivity contribution in [2.75, 3.05) is 33.7 Å². The lowest BCUT2D eigenvalue weighted by Crippen LogP contribution is -2.53. The van der Waals surface area contributed by atoms with E-state index < -0.39 is 0 Å². The molecular formula is C9H19N3O. The number of nitrogens with one attached hydrogen (secondary N) is 1. The molecule has 1 unspecified atom stereocenters. The van der Waals surface area contributed by atoms with Gasteiger partial charge in [-0.2, -0.15) is 0 Å². The van der Waals surface area contributed by atoms with Crippen LogP contribution in [0.5, 0.6) is 0 Å². The Kier molecular flexibility index (Phi) is 3.54. The van der Waals surface area contributed by atoms with Crippen LogP contribution >= 0.6 is 0 Å². The Balaban J connectivity index is 2.52. The second kappa shape index (κ2) is 4.46. The molecule has 0 radical (unpaired) electrons. The van der Waals surface area contributed by atoms with Gasteiger partial charge in [0.25, 0.3) is 0 Å². The van der Waals surface area contributed by atoms with Gasteiger partial charge in [-0.05, 0) is 20.4 Å². The predicted octanol–water partition coefficient (Wildman–Crippen LogP) is 0.352. The molecule has 1 heterocycles. The smallest absolute Gasteiger partial charge is 0.320 e. The molecule has 1 aliphatic heterocycles. The molecule has 0 aromatic heterocycles. The SMILES string of the molecule is CNCC(C)N1CCCN(C)C1=O. The van der Waals surface area contributed by atoms with Crippen molar-refractivity contribution in [3.8, 4) is 0 Å². The van der Waals surface area contributed by atoms with E-state index in [0.29, 0.717) is 6.04 Å². The van der Waals surface area contributed by atoms with Gasteiger partial charge in [0, 0.05) is 32.7 Å². The first kappa shape index (κ1) is 10.3. The fourth-order valence-corrected chi connectivity index (χ4v) is 1.70. The van der Waals surface area contributed by atoms with Gasteiger partial charge in [-0.1, -0.05) is 0 Å². The fraction of sp³-hybridized carbons (Fsp3) is 0.889. The second-order valence-corrected chi connectivity index (χ2v) is 3.66. The minimum atomic E-state index is 0.161. The van der Waals surface area contributed by atoms with E-state index in [1.807, 2.05) is 19.0 Å². The zero-order valence-electron chi connectivity index (χ0n) is 8.71. The summed E-state index contributed by atoms with van der Waals surface area (Å²) < 4.78 is 0. The zero-order chi connectivity index (χ0) is 9.84. The molecule has 0 saturated carbocycles. The van der Waals surface area contributed by atoms with Gasteiger partial charge >= 0.3 is 6.03 Å². The molecule has 1 aliphatic rings. The summed E-state index contributed by atoms with van der Waals surface area (Å²) in [4.78, 5) is 15.4. The average Bonchev–Trinajstić information content (AvgIpc) is 2.10. The van der Waals surface area contributed by atoms with Gasteiger partial charge in [-0.25, -0.2) is 4.79 Å². The predicted molar refractivity (Wildman–Crippen MR) is 52.7 cm³/mol. The molecule has 1 saturated heterocycles. The lowest BCUT2D eigenvalue weighted by molar-refractivity contribution is 0.122. The number of carbonyl (C=O) groups is 1. The van der Waals surface area contributed by atoms with E-state index in [-0.39, 0.29) is 6.03 Å². The van der Waals surface area contributed by atoms with E-state index in [2.05, 4.69) is 12.2 Å². The van der Waals surface area contributed by atoms with Crippen LogP contribution in [-0.2, 0) is 0 Å². The van der Waals surface area contributed by atoms with E-state index in [0.717, 1.165) is 26.1 Å². The third-order valence-corrected chi connectivity index (χ3v) is 2.50. The summed E-state index contributed by atoms with van der Waals surface area (Å²) in [6.45, 7) is 4.72. The lowest BCUT2D eigenvalue weighted by Gasteiger charge is -2.37. The first-order valence-electron chi connectivity index (χ1n) is 4.83. The van der Waals surface area contributed by atoms with Crippen LogP contribution in [0.3, 0.4) is 0 Å². The molecule has 0 aromatic rings. The summed E-state index contributed by atoms with van der Waals surface area (Å²) in [7, 11) is 3.77. The van der Waals surface area contributed by atoms with Crippen molar-refractivity contribution in [3.05, 3.63) is 0 Å². The third kappa shape index (κ3) is 2.34. The molecule has 1 rings (SSSR count). The van der Waals surface area contributed by atoms with Crippen molar-refractivity contribution in [1.29, 1.82) is 0 Å². The third-order valence-electron chi connectivity index (χ3n) is 2.50. The molecule has 76 valence electrons. The van der Waals surface area contributed by atoms with Crippen LogP contribution in [0, 0.1) is 0 Å². The molecular weight excluding hydrogens is 166 g/mol. The standard InChI is InChI=1S/C9H19N3O/c1-8(7-10-2)12-6-4-5-11(3)9(12)13/h8,10H,4-7H2,1-3H3. The molecule has 4 nitrogen and oxygen atoms in total. The van der Waals surface area contributed by atoms with Gasteiger partial charge in [0.2, 0.25) is 0 Å². The van der Waals surface area contributed by atoms with Gasteiger partial charge in [-0.15, -0.1) is 0 Å². The number of carbonyl (C=O) groups excluding carboxylic acids is 1. The highest BCUT2D eigenvalue weighted by Crippen LogP contribution is 2.10. The summed E-state index contributed by atoms with van der Waals surface area (Å²) in [5.41, 5.74) is 0. The Bertz CT molecular complexity index is 184. The van der Waals surface area contributed by atoms with Gasteiger partial charge in [-0.3, -0.25) is 0 Å². The lowest BCUT2D eigenvalue weighted by atomic mass is 10.2. The van der Waals surface area contributed by atoms with Crippen molar-refractivity contribution in [2.24, 2.45) is 0 Å². The topological polar surface area (TPSA) is 35.6 Å². The minimum Gasteiger partial charge on any atom is -0.328 e. The number of hydrogen-bond acceptors (Lipinski definition) is 2. The van der Waals surface area contributed by atoms with Gasteiger partial charge < -0.3 is 15.1 Å². The highest BCUT2D eigenvalue weighted by molar-refractivity contribution is 5.75. The first-order chi connectivity index (χ1) is 6.16. The molecule has 0 aliphatic carbocycles. The van der Waals surface area contributed by atoms with Crippen LogP contribution in [0.2, 0.25) is 0 Å². The Morgan fingerprint density at radius 3 is 2.85 bits per heavy atom. The van der Waals surface area contributed by atoms with E-state index >= 15 is 0 Å². The van der Waals surface area contributed by atoms with E-state index in [1.165, 1.54) is 0 Å². The highest BCUT2D eigenvalue weighted by atomic mass is 16.2. The van der Waals surface area contributed by atoms with Crippen LogP contribution in [0.25, 0.3) is 0 Å². The number of urea groups is 1. The van der Waals surface area contributed by atoms with Crippen LogP contribution in [0.1, 0.15) is 13.3 Å². The molecule has 0 spiro atoms.